The van der Waals surface area contributed by atoms with Gasteiger partial charge in [-0.05, 0) is 141 Å². The van der Waals surface area contributed by atoms with Crippen molar-refractivity contribution in [1.29, 1.82) is 10.5 Å². The maximum atomic E-state index is 8.93. The highest BCUT2D eigenvalue weighted by atomic mass is 16.3. The van der Waals surface area contributed by atoms with E-state index in [4.69, 9.17) is 14.9 Å². The van der Waals surface area contributed by atoms with Crippen LogP contribution < -0.4 is 10.6 Å². The van der Waals surface area contributed by atoms with Crippen LogP contribution in [0.3, 0.4) is 0 Å². The number of nitrogens with one attached hydrogen (secondary N) is 2. The van der Waals surface area contributed by atoms with Gasteiger partial charge in [-0.25, -0.2) is 0 Å². The molecule has 2 fully saturated rings. The van der Waals surface area contributed by atoms with Crippen molar-refractivity contribution in [3.8, 4) is 23.5 Å². The Hall–Kier alpha value is -3.96. The summed E-state index contributed by atoms with van der Waals surface area (Å²) in [5.41, 5.74) is 6.84. The zero-order valence-electron chi connectivity index (χ0n) is 30.6. The molecule has 48 heavy (non-hydrogen) atoms. The van der Waals surface area contributed by atoms with Gasteiger partial charge in [-0.3, -0.25) is 0 Å². The van der Waals surface area contributed by atoms with Gasteiger partial charge >= 0.3 is 0 Å². The third-order valence-corrected chi connectivity index (χ3v) is 10.1. The Labute approximate surface area is 291 Å². The SMILES string of the molecule is CC.CC.CC1(CC#N)CCC(Nc2ccc(-c3ccco3)cc2)CC1.CC1(CC#N)CCC(Nc2ccc(C3=CCCC3)cc2)CC1. The summed E-state index contributed by atoms with van der Waals surface area (Å²) in [5.74, 6) is 0.900. The number of allylic oxidation sites excluding steroid dienone is 2. The van der Waals surface area contributed by atoms with Crippen LogP contribution in [0.25, 0.3) is 16.9 Å². The zero-order valence-corrected chi connectivity index (χ0v) is 30.6. The van der Waals surface area contributed by atoms with Crippen molar-refractivity contribution in [2.24, 2.45) is 10.8 Å². The highest BCUT2D eigenvalue weighted by Gasteiger charge is 2.31. The Balaban J connectivity index is 0.000000236. The average molecular weight is 649 g/mol. The van der Waals surface area contributed by atoms with Crippen LogP contribution in [0.4, 0.5) is 11.4 Å². The van der Waals surface area contributed by atoms with Gasteiger partial charge < -0.3 is 15.1 Å². The van der Waals surface area contributed by atoms with E-state index >= 15 is 0 Å². The summed E-state index contributed by atoms with van der Waals surface area (Å²) < 4.78 is 5.41. The van der Waals surface area contributed by atoms with E-state index in [1.165, 1.54) is 48.9 Å². The fourth-order valence-electron chi connectivity index (χ4n) is 7.01. The van der Waals surface area contributed by atoms with E-state index in [0.717, 1.165) is 55.5 Å². The molecule has 258 valence electrons. The van der Waals surface area contributed by atoms with E-state index in [2.05, 4.69) is 91.2 Å². The summed E-state index contributed by atoms with van der Waals surface area (Å²) in [5, 5.41) is 25.1. The van der Waals surface area contributed by atoms with Crippen LogP contribution in [0.2, 0.25) is 0 Å². The molecule has 0 spiro atoms. The van der Waals surface area contributed by atoms with Crippen LogP contribution in [0.5, 0.6) is 0 Å². The number of hydrogen-bond donors (Lipinski definition) is 2. The van der Waals surface area contributed by atoms with Crippen LogP contribution in [0, 0.1) is 33.5 Å². The maximum absolute atomic E-state index is 8.93. The first-order valence-corrected chi connectivity index (χ1v) is 18.6. The van der Waals surface area contributed by atoms with E-state index in [9.17, 15) is 0 Å². The van der Waals surface area contributed by atoms with E-state index in [-0.39, 0.29) is 10.8 Å². The lowest BCUT2D eigenvalue weighted by molar-refractivity contribution is 0.211. The summed E-state index contributed by atoms with van der Waals surface area (Å²) in [6.45, 7) is 12.5. The number of rotatable bonds is 8. The second-order valence-electron chi connectivity index (χ2n) is 13.9. The number of nitriles is 2. The minimum atomic E-state index is 0.218. The van der Waals surface area contributed by atoms with Crippen molar-refractivity contribution in [2.45, 2.75) is 137 Å². The van der Waals surface area contributed by atoms with Gasteiger partial charge in [0.25, 0.3) is 0 Å². The van der Waals surface area contributed by atoms with Gasteiger partial charge in [0, 0.05) is 41.9 Å². The second kappa shape index (κ2) is 19.8. The van der Waals surface area contributed by atoms with Crippen LogP contribution in [-0.4, -0.2) is 12.1 Å². The standard InChI is InChI=1S/C20H26N2.C19H22N2O.2C2H6/c1-20(14-15-21)12-10-19(11-13-20)22-18-8-6-17(7-9-18)16-4-2-3-5-16;1-19(12-13-20)10-8-17(9-11-19)21-16-6-4-15(5-7-16)18-3-2-14-22-18;2*1-2/h4,6-9,19,22H,2-3,5,10-14H2,1H3;2-7,14,17,21H,8-12H2,1H3;2*1-2H3. The third-order valence-electron chi connectivity index (χ3n) is 10.1. The van der Waals surface area contributed by atoms with E-state index in [1.54, 1.807) is 6.26 Å². The molecular formula is C43H60N4O. The highest BCUT2D eigenvalue weighted by Crippen LogP contribution is 2.40. The van der Waals surface area contributed by atoms with Crippen LogP contribution in [-0.2, 0) is 0 Å². The second-order valence-corrected chi connectivity index (χ2v) is 13.9. The quantitative estimate of drug-likeness (QED) is 0.254. The van der Waals surface area contributed by atoms with E-state index in [1.807, 2.05) is 39.8 Å². The van der Waals surface area contributed by atoms with Gasteiger partial charge in [-0.15, -0.1) is 0 Å². The Kier molecular flexibility index (Phi) is 15.8. The van der Waals surface area contributed by atoms with Crippen LogP contribution in [0.15, 0.2) is 77.4 Å². The van der Waals surface area contributed by atoms with Crippen molar-refractivity contribution in [3.63, 3.8) is 0 Å². The first-order chi connectivity index (χ1) is 23.4. The molecule has 3 aliphatic carbocycles. The fourth-order valence-corrected chi connectivity index (χ4v) is 7.01. The fraction of sp³-hybridized carbons (Fsp3) is 0.535. The van der Waals surface area contributed by atoms with Crippen molar-refractivity contribution >= 4 is 16.9 Å². The van der Waals surface area contributed by atoms with Crippen molar-refractivity contribution < 1.29 is 4.42 Å². The van der Waals surface area contributed by atoms with E-state index < -0.39 is 0 Å². The zero-order chi connectivity index (χ0) is 34.8. The molecule has 1 aromatic heterocycles. The molecule has 2 saturated carbocycles. The monoisotopic (exact) mass is 648 g/mol. The Morgan fingerprint density at radius 3 is 1.52 bits per heavy atom. The first-order valence-electron chi connectivity index (χ1n) is 18.6. The molecule has 6 rings (SSSR count). The molecule has 3 aliphatic rings. The normalized spacial score (nSPS) is 24.4. The lowest BCUT2D eigenvalue weighted by Crippen LogP contribution is -2.31. The first kappa shape index (κ1) is 38.5. The van der Waals surface area contributed by atoms with Gasteiger partial charge in [0.1, 0.15) is 5.76 Å². The third kappa shape index (κ3) is 11.6. The summed E-state index contributed by atoms with van der Waals surface area (Å²) in [6.07, 6.45) is 18.4. The molecule has 1 heterocycles. The number of nitrogens with zero attached hydrogens (tertiary/aromatic N) is 2. The summed E-state index contributed by atoms with van der Waals surface area (Å²) in [7, 11) is 0. The van der Waals surface area contributed by atoms with Crippen molar-refractivity contribution in [1.82, 2.24) is 0 Å². The molecule has 2 N–H and O–H groups in total. The minimum absolute atomic E-state index is 0.218. The average Bonchev–Trinajstić information content (AvgIpc) is 3.86. The smallest absolute Gasteiger partial charge is 0.133 e. The number of furan rings is 1. The minimum Gasteiger partial charge on any atom is -0.464 e. The van der Waals surface area contributed by atoms with Crippen molar-refractivity contribution in [3.05, 3.63) is 78.6 Å². The molecule has 0 aliphatic heterocycles. The Morgan fingerprint density at radius 2 is 1.15 bits per heavy atom. The Morgan fingerprint density at radius 1 is 0.688 bits per heavy atom. The molecule has 2 aromatic carbocycles. The molecule has 0 atom stereocenters. The number of hydrogen-bond acceptors (Lipinski definition) is 5. The molecule has 0 amide bonds. The van der Waals surface area contributed by atoms with Gasteiger partial charge in [0.15, 0.2) is 0 Å². The lowest BCUT2D eigenvalue weighted by Gasteiger charge is -2.36. The predicted molar refractivity (Wildman–Crippen MR) is 204 cm³/mol. The highest BCUT2D eigenvalue weighted by molar-refractivity contribution is 5.68. The largest absolute Gasteiger partial charge is 0.464 e. The van der Waals surface area contributed by atoms with Crippen LogP contribution >= 0.6 is 0 Å². The Bertz CT molecular complexity index is 1420. The molecular weight excluding hydrogens is 589 g/mol. The topological polar surface area (TPSA) is 84.8 Å². The van der Waals surface area contributed by atoms with Crippen molar-refractivity contribution in [2.75, 3.05) is 10.6 Å². The molecule has 0 unspecified atom stereocenters. The number of benzene rings is 2. The van der Waals surface area contributed by atoms with Gasteiger partial charge in [0.05, 0.1) is 18.4 Å². The molecule has 0 radical (unpaired) electrons. The molecule has 5 nitrogen and oxygen atoms in total. The summed E-state index contributed by atoms with van der Waals surface area (Å²) in [4.78, 5) is 0. The maximum Gasteiger partial charge on any atom is 0.133 e. The molecule has 0 bridgehead atoms. The van der Waals surface area contributed by atoms with Crippen LogP contribution in [0.1, 0.15) is 131 Å². The predicted octanol–water partition coefficient (Wildman–Crippen LogP) is 12.8. The van der Waals surface area contributed by atoms with E-state index in [0.29, 0.717) is 24.9 Å². The molecule has 5 heteroatoms. The summed E-state index contributed by atoms with van der Waals surface area (Å²) in [6, 6.07) is 27.0. The van der Waals surface area contributed by atoms with Gasteiger partial charge in [-0.2, -0.15) is 10.5 Å². The van der Waals surface area contributed by atoms with Gasteiger partial charge in [-0.1, -0.05) is 59.8 Å². The summed E-state index contributed by atoms with van der Waals surface area (Å²) >= 11 is 0. The lowest BCUT2D eigenvalue weighted by atomic mass is 9.72. The molecule has 0 saturated heterocycles. The van der Waals surface area contributed by atoms with Gasteiger partial charge in [0.2, 0.25) is 0 Å². The number of anilines is 2. The molecule has 3 aromatic rings.